The van der Waals surface area contributed by atoms with Crippen molar-refractivity contribution in [2.45, 2.75) is 19.4 Å². The monoisotopic (exact) mass is 497 g/mol. The fourth-order valence-corrected chi connectivity index (χ4v) is 4.65. The number of pyridine rings is 1. The highest BCUT2D eigenvalue weighted by atomic mass is 32.2. The van der Waals surface area contributed by atoms with Crippen LogP contribution < -0.4 is 10.2 Å². The van der Waals surface area contributed by atoms with Gasteiger partial charge in [0.15, 0.2) is 11.5 Å². The number of amides is 2. The number of nitro groups is 1. The van der Waals surface area contributed by atoms with E-state index in [2.05, 4.69) is 15.5 Å². The zero-order valence-electron chi connectivity index (χ0n) is 19.6. The van der Waals surface area contributed by atoms with Crippen LogP contribution in [0.25, 0.3) is 5.65 Å². The minimum absolute atomic E-state index is 0.0114. The number of nitrogens with one attached hydrogen (secondary N) is 1. The van der Waals surface area contributed by atoms with Gasteiger partial charge in [0.2, 0.25) is 5.91 Å². The molecule has 0 aliphatic carbocycles. The summed E-state index contributed by atoms with van der Waals surface area (Å²) in [5.74, 6) is 0.970. The maximum atomic E-state index is 13.2. The largest absolute Gasteiger partial charge is 0.362 e. The number of rotatable bonds is 8. The average molecular weight is 498 g/mol. The molecule has 184 valence electrons. The summed E-state index contributed by atoms with van der Waals surface area (Å²) in [6, 6.07) is 9.68. The van der Waals surface area contributed by atoms with E-state index in [9.17, 15) is 19.7 Å². The van der Waals surface area contributed by atoms with Crippen LogP contribution in [0.5, 0.6) is 0 Å². The molecule has 0 radical (unpaired) electrons. The third-order valence-corrected chi connectivity index (χ3v) is 6.71. The molecule has 1 atom stereocenters. The lowest BCUT2D eigenvalue weighted by atomic mass is 10.1. The Morgan fingerprint density at radius 2 is 1.94 bits per heavy atom. The van der Waals surface area contributed by atoms with Crippen LogP contribution in [-0.4, -0.2) is 74.4 Å². The standard InChI is InChI=1S/C23H27N7O4S/c1-16(31)27-10-12-28(13-11-27)19-7-6-17(15-20(19)30(33)34)23(32)24-18(8-14-35-2)22-26-25-21-5-3-4-9-29(21)22/h3-7,9,15,18H,8,10-14H2,1-2H3,(H,24,32). The summed E-state index contributed by atoms with van der Waals surface area (Å²) < 4.78 is 1.83. The second-order valence-electron chi connectivity index (χ2n) is 8.25. The van der Waals surface area contributed by atoms with Crippen molar-refractivity contribution in [1.29, 1.82) is 0 Å². The highest BCUT2D eigenvalue weighted by Gasteiger charge is 2.27. The summed E-state index contributed by atoms with van der Waals surface area (Å²) in [5.41, 5.74) is 1.18. The van der Waals surface area contributed by atoms with Crippen molar-refractivity contribution in [1.82, 2.24) is 24.8 Å². The number of fused-ring (bicyclic) bond motifs is 1. The summed E-state index contributed by atoms with van der Waals surface area (Å²) in [7, 11) is 0. The first-order chi connectivity index (χ1) is 16.9. The predicted molar refractivity (Wildman–Crippen MR) is 134 cm³/mol. The molecule has 3 aromatic rings. The Labute approximate surface area is 206 Å². The molecule has 2 amide bonds. The predicted octanol–water partition coefficient (Wildman–Crippen LogP) is 2.53. The van der Waals surface area contributed by atoms with Crippen molar-refractivity contribution >= 4 is 40.6 Å². The van der Waals surface area contributed by atoms with Gasteiger partial charge in [-0.25, -0.2) is 0 Å². The molecular formula is C23H27N7O4S. The van der Waals surface area contributed by atoms with Crippen LogP contribution in [0.2, 0.25) is 0 Å². The van der Waals surface area contributed by atoms with Crippen LogP contribution in [-0.2, 0) is 4.79 Å². The van der Waals surface area contributed by atoms with Gasteiger partial charge in [-0.1, -0.05) is 6.07 Å². The fourth-order valence-electron chi connectivity index (χ4n) is 4.18. The Balaban J connectivity index is 1.56. The van der Waals surface area contributed by atoms with Crippen LogP contribution >= 0.6 is 11.8 Å². The number of nitrogens with zero attached hydrogens (tertiary/aromatic N) is 6. The minimum Gasteiger partial charge on any atom is -0.362 e. The molecule has 35 heavy (non-hydrogen) atoms. The lowest BCUT2D eigenvalue weighted by Crippen LogP contribution is -2.48. The van der Waals surface area contributed by atoms with Gasteiger partial charge >= 0.3 is 0 Å². The summed E-state index contributed by atoms with van der Waals surface area (Å²) >= 11 is 1.65. The number of piperazine rings is 1. The fraction of sp³-hybridized carbons (Fsp3) is 0.391. The van der Waals surface area contributed by atoms with E-state index in [0.29, 0.717) is 49.8 Å². The number of thioether (sulfide) groups is 1. The number of aromatic nitrogens is 3. The van der Waals surface area contributed by atoms with E-state index in [0.717, 1.165) is 5.75 Å². The number of hydrogen-bond donors (Lipinski definition) is 1. The van der Waals surface area contributed by atoms with E-state index < -0.39 is 16.9 Å². The maximum Gasteiger partial charge on any atom is 0.293 e. The molecule has 3 heterocycles. The topological polar surface area (TPSA) is 126 Å². The summed E-state index contributed by atoms with van der Waals surface area (Å²) in [6.07, 6.45) is 4.46. The Hall–Kier alpha value is -3.67. The number of hydrogen-bond acceptors (Lipinski definition) is 8. The van der Waals surface area contributed by atoms with E-state index in [4.69, 9.17) is 0 Å². The van der Waals surface area contributed by atoms with Crippen LogP contribution in [0.4, 0.5) is 11.4 Å². The second-order valence-corrected chi connectivity index (χ2v) is 9.23. The number of nitro benzene ring substituents is 1. The first kappa shape index (κ1) is 24.5. The van der Waals surface area contributed by atoms with E-state index in [-0.39, 0.29) is 17.2 Å². The van der Waals surface area contributed by atoms with Gasteiger partial charge < -0.3 is 15.1 Å². The molecular weight excluding hydrogens is 470 g/mol. The van der Waals surface area contributed by atoms with Gasteiger partial charge in [0.1, 0.15) is 5.69 Å². The molecule has 1 aliphatic rings. The van der Waals surface area contributed by atoms with E-state index in [1.807, 2.05) is 40.0 Å². The molecule has 12 heteroatoms. The molecule has 0 saturated carbocycles. The molecule has 4 rings (SSSR count). The van der Waals surface area contributed by atoms with Gasteiger partial charge in [-0.2, -0.15) is 11.8 Å². The SMILES string of the molecule is CSCCC(NC(=O)c1ccc(N2CCN(C(C)=O)CC2)c([N+](=O)[O-])c1)c1nnc2ccccn12. The van der Waals surface area contributed by atoms with Gasteiger partial charge in [-0.15, -0.1) is 10.2 Å². The summed E-state index contributed by atoms with van der Waals surface area (Å²) in [6.45, 7) is 3.49. The Morgan fingerprint density at radius 1 is 1.17 bits per heavy atom. The first-order valence-corrected chi connectivity index (χ1v) is 12.7. The maximum absolute atomic E-state index is 13.2. The summed E-state index contributed by atoms with van der Waals surface area (Å²) in [4.78, 5) is 39.8. The molecule has 1 unspecified atom stereocenters. The number of carbonyl (C=O) groups is 2. The molecule has 11 nitrogen and oxygen atoms in total. The lowest BCUT2D eigenvalue weighted by molar-refractivity contribution is -0.384. The van der Waals surface area contributed by atoms with Crippen LogP contribution in [0, 0.1) is 10.1 Å². The Kier molecular flexibility index (Phi) is 7.49. The van der Waals surface area contributed by atoms with E-state index in [1.165, 1.54) is 13.0 Å². The van der Waals surface area contributed by atoms with Crippen molar-refractivity contribution < 1.29 is 14.5 Å². The molecule has 1 N–H and O–H groups in total. The Morgan fingerprint density at radius 3 is 2.63 bits per heavy atom. The molecule has 1 saturated heterocycles. The molecule has 0 bridgehead atoms. The van der Waals surface area contributed by atoms with Crippen molar-refractivity contribution in [2.24, 2.45) is 0 Å². The molecule has 1 fully saturated rings. The number of carbonyl (C=O) groups excluding carboxylic acids is 2. The third-order valence-electron chi connectivity index (χ3n) is 6.07. The third kappa shape index (κ3) is 5.37. The van der Waals surface area contributed by atoms with Gasteiger partial charge in [0.25, 0.3) is 11.6 Å². The molecule has 0 spiro atoms. The smallest absolute Gasteiger partial charge is 0.293 e. The molecule has 1 aromatic carbocycles. The quantitative estimate of drug-likeness (QED) is 0.372. The first-order valence-electron chi connectivity index (χ1n) is 11.3. The highest BCUT2D eigenvalue weighted by molar-refractivity contribution is 7.98. The second kappa shape index (κ2) is 10.7. The van der Waals surface area contributed by atoms with Crippen LogP contribution in [0.15, 0.2) is 42.6 Å². The highest BCUT2D eigenvalue weighted by Crippen LogP contribution is 2.30. The Bertz CT molecular complexity index is 1240. The van der Waals surface area contributed by atoms with Gasteiger partial charge in [-0.05, 0) is 42.7 Å². The number of anilines is 1. The van der Waals surface area contributed by atoms with Crippen molar-refractivity contribution in [3.63, 3.8) is 0 Å². The normalized spacial score (nSPS) is 14.7. The molecule has 2 aromatic heterocycles. The number of benzene rings is 1. The van der Waals surface area contributed by atoms with Crippen molar-refractivity contribution in [2.75, 3.05) is 43.1 Å². The van der Waals surface area contributed by atoms with Gasteiger partial charge in [0, 0.05) is 50.9 Å². The zero-order valence-corrected chi connectivity index (χ0v) is 20.4. The summed E-state index contributed by atoms with van der Waals surface area (Å²) in [5, 5.41) is 23.3. The van der Waals surface area contributed by atoms with Crippen LogP contribution in [0.1, 0.15) is 35.6 Å². The zero-order chi connectivity index (χ0) is 24.9. The molecule has 1 aliphatic heterocycles. The van der Waals surface area contributed by atoms with E-state index in [1.54, 1.807) is 28.8 Å². The van der Waals surface area contributed by atoms with Crippen molar-refractivity contribution in [3.8, 4) is 0 Å². The van der Waals surface area contributed by atoms with Crippen LogP contribution in [0.3, 0.4) is 0 Å². The van der Waals surface area contributed by atoms with E-state index >= 15 is 0 Å². The van der Waals surface area contributed by atoms with Crippen molar-refractivity contribution in [3.05, 3.63) is 64.1 Å². The lowest BCUT2D eigenvalue weighted by Gasteiger charge is -2.35. The minimum atomic E-state index is -0.472. The average Bonchev–Trinajstić information content (AvgIpc) is 3.30. The van der Waals surface area contributed by atoms with Gasteiger partial charge in [0.05, 0.1) is 11.0 Å². The van der Waals surface area contributed by atoms with Gasteiger partial charge in [-0.3, -0.25) is 24.1 Å².